The highest BCUT2D eigenvalue weighted by Crippen LogP contribution is 2.29. The summed E-state index contributed by atoms with van der Waals surface area (Å²) in [5.41, 5.74) is 4.87. The number of ether oxygens (including phenoxy) is 1. The molecule has 20 heavy (non-hydrogen) atoms. The predicted octanol–water partition coefficient (Wildman–Crippen LogP) is 1.11. The Morgan fingerprint density at radius 3 is 2.20 bits per heavy atom. The fraction of sp³-hybridized carbons (Fsp3) is 0.923. The van der Waals surface area contributed by atoms with Crippen LogP contribution in [-0.2, 0) is 14.8 Å². The van der Waals surface area contributed by atoms with Gasteiger partial charge < -0.3 is 10.5 Å². The van der Waals surface area contributed by atoms with Crippen LogP contribution in [-0.4, -0.2) is 38.3 Å². The molecule has 116 valence electrons. The van der Waals surface area contributed by atoms with Crippen LogP contribution in [0.1, 0.15) is 51.4 Å². The van der Waals surface area contributed by atoms with Gasteiger partial charge in [0.2, 0.25) is 10.0 Å². The fourth-order valence-corrected chi connectivity index (χ4v) is 4.94. The highest BCUT2D eigenvalue weighted by atomic mass is 32.2. The molecule has 0 atom stereocenters. The Morgan fingerprint density at radius 1 is 1.15 bits per heavy atom. The molecule has 0 amide bonds. The first-order valence-corrected chi connectivity index (χ1v) is 8.96. The average Bonchev–Trinajstić information content (AvgIpc) is 2.66. The van der Waals surface area contributed by atoms with Gasteiger partial charge in [-0.25, -0.2) is 13.1 Å². The third-order valence-electron chi connectivity index (χ3n) is 4.42. The molecule has 0 aromatic heterocycles. The fourth-order valence-electron chi connectivity index (χ4n) is 3.10. The van der Waals surface area contributed by atoms with Gasteiger partial charge in [-0.1, -0.05) is 25.7 Å². The summed E-state index contributed by atoms with van der Waals surface area (Å²) in [5.74, 6) is -0.0463. The molecule has 0 aromatic carbocycles. The quantitative estimate of drug-likeness (QED) is 0.411. The van der Waals surface area contributed by atoms with E-state index in [1.165, 1.54) is 0 Å². The van der Waals surface area contributed by atoms with E-state index in [4.69, 9.17) is 15.9 Å². The molecule has 2 aliphatic rings. The monoisotopic (exact) mass is 303 g/mol. The highest BCUT2D eigenvalue weighted by Gasteiger charge is 2.40. The SMILES string of the molecule is N=C(N)C1(NS(=O)(=O)C2CCOCC2)CCCCCC1. The van der Waals surface area contributed by atoms with Gasteiger partial charge in [0.05, 0.1) is 10.8 Å². The summed E-state index contributed by atoms with van der Waals surface area (Å²) in [6.07, 6.45) is 6.27. The van der Waals surface area contributed by atoms with Crippen molar-refractivity contribution in [3.8, 4) is 0 Å². The summed E-state index contributed by atoms with van der Waals surface area (Å²) in [6.45, 7) is 0.970. The van der Waals surface area contributed by atoms with Crippen LogP contribution in [0.25, 0.3) is 0 Å². The summed E-state index contributed by atoms with van der Waals surface area (Å²) in [4.78, 5) is 0. The molecule has 0 radical (unpaired) electrons. The molecule has 0 aromatic rings. The zero-order chi connectivity index (χ0) is 14.6. The van der Waals surface area contributed by atoms with E-state index in [0.717, 1.165) is 25.7 Å². The molecule has 1 saturated carbocycles. The molecule has 0 bridgehead atoms. The lowest BCUT2D eigenvalue weighted by atomic mass is 9.90. The van der Waals surface area contributed by atoms with Gasteiger partial charge >= 0.3 is 0 Å². The summed E-state index contributed by atoms with van der Waals surface area (Å²) >= 11 is 0. The van der Waals surface area contributed by atoms with Gasteiger partial charge in [0.1, 0.15) is 5.84 Å². The molecule has 1 heterocycles. The van der Waals surface area contributed by atoms with Gasteiger partial charge in [0.15, 0.2) is 0 Å². The molecule has 0 unspecified atom stereocenters. The maximum Gasteiger partial charge on any atom is 0.215 e. The number of amidine groups is 1. The lowest BCUT2D eigenvalue weighted by Gasteiger charge is -2.34. The molecule has 0 spiro atoms. The van der Waals surface area contributed by atoms with Crippen LogP contribution in [0.5, 0.6) is 0 Å². The van der Waals surface area contributed by atoms with E-state index < -0.39 is 20.8 Å². The molecule has 1 saturated heterocycles. The molecular weight excluding hydrogens is 278 g/mol. The number of nitrogens with two attached hydrogens (primary N) is 1. The Hall–Kier alpha value is -0.660. The summed E-state index contributed by atoms with van der Waals surface area (Å²) in [7, 11) is -3.45. The van der Waals surface area contributed by atoms with Crippen molar-refractivity contribution in [2.24, 2.45) is 5.73 Å². The molecule has 1 aliphatic carbocycles. The van der Waals surface area contributed by atoms with Gasteiger partial charge in [0.25, 0.3) is 0 Å². The van der Waals surface area contributed by atoms with Crippen molar-refractivity contribution in [2.45, 2.75) is 62.2 Å². The van der Waals surface area contributed by atoms with E-state index in [-0.39, 0.29) is 5.84 Å². The van der Waals surface area contributed by atoms with Crippen LogP contribution >= 0.6 is 0 Å². The number of nitrogens with one attached hydrogen (secondary N) is 2. The van der Waals surface area contributed by atoms with Gasteiger partial charge in [-0.2, -0.15) is 0 Å². The van der Waals surface area contributed by atoms with Crippen molar-refractivity contribution in [1.29, 1.82) is 5.41 Å². The highest BCUT2D eigenvalue weighted by molar-refractivity contribution is 7.90. The topological polar surface area (TPSA) is 105 Å². The smallest absolute Gasteiger partial charge is 0.215 e. The second kappa shape index (κ2) is 6.41. The van der Waals surface area contributed by atoms with Crippen LogP contribution in [0.3, 0.4) is 0 Å². The summed E-state index contributed by atoms with van der Waals surface area (Å²) in [6, 6.07) is 0. The molecule has 2 rings (SSSR count). The largest absolute Gasteiger partial charge is 0.386 e. The normalized spacial score (nSPS) is 25.0. The maximum atomic E-state index is 12.6. The zero-order valence-electron chi connectivity index (χ0n) is 11.9. The molecule has 7 heteroatoms. The van der Waals surface area contributed by atoms with Gasteiger partial charge in [-0.05, 0) is 25.7 Å². The van der Waals surface area contributed by atoms with E-state index in [0.29, 0.717) is 38.9 Å². The number of sulfonamides is 1. The first-order chi connectivity index (χ1) is 9.46. The van der Waals surface area contributed by atoms with E-state index in [1.54, 1.807) is 0 Å². The predicted molar refractivity (Wildman–Crippen MR) is 78.2 cm³/mol. The molecule has 6 nitrogen and oxygen atoms in total. The molecule has 1 aliphatic heterocycles. The van der Waals surface area contributed by atoms with Crippen molar-refractivity contribution >= 4 is 15.9 Å². The van der Waals surface area contributed by atoms with Crippen molar-refractivity contribution < 1.29 is 13.2 Å². The average molecular weight is 303 g/mol. The van der Waals surface area contributed by atoms with Crippen LogP contribution in [0.4, 0.5) is 0 Å². The number of rotatable bonds is 4. The first-order valence-electron chi connectivity index (χ1n) is 7.41. The Morgan fingerprint density at radius 2 is 1.70 bits per heavy atom. The number of hydrogen-bond donors (Lipinski definition) is 3. The second-order valence-electron chi connectivity index (χ2n) is 5.87. The van der Waals surface area contributed by atoms with E-state index in [1.807, 2.05) is 0 Å². The molecule has 4 N–H and O–H groups in total. The molecular formula is C13H25N3O3S. The van der Waals surface area contributed by atoms with E-state index in [9.17, 15) is 8.42 Å². The lowest BCUT2D eigenvalue weighted by Crippen LogP contribution is -2.58. The van der Waals surface area contributed by atoms with E-state index >= 15 is 0 Å². The zero-order valence-corrected chi connectivity index (χ0v) is 12.7. The Balaban J connectivity index is 2.16. The van der Waals surface area contributed by atoms with Gasteiger partial charge in [-0.15, -0.1) is 0 Å². The third kappa shape index (κ3) is 3.51. The van der Waals surface area contributed by atoms with Crippen molar-refractivity contribution in [2.75, 3.05) is 13.2 Å². The Bertz CT molecular complexity index is 436. The van der Waals surface area contributed by atoms with Crippen LogP contribution in [0.15, 0.2) is 0 Å². The standard InChI is InChI=1S/C13H25N3O3S/c14-12(15)13(7-3-1-2-4-8-13)16-20(17,18)11-5-9-19-10-6-11/h11,16H,1-10H2,(H3,14,15). The van der Waals surface area contributed by atoms with Crippen molar-refractivity contribution in [3.05, 3.63) is 0 Å². The minimum absolute atomic E-state index is 0.0463. The number of hydrogen-bond acceptors (Lipinski definition) is 4. The lowest BCUT2D eigenvalue weighted by molar-refractivity contribution is 0.0979. The Labute approximate surface area is 121 Å². The van der Waals surface area contributed by atoms with Gasteiger partial charge in [0, 0.05) is 13.2 Å². The van der Waals surface area contributed by atoms with Crippen LogP contribution in [0.2, 0.25) is 0 Å². The second-order valence-corrected chi connectivity index (χ2v) is 7.83. The first kappa shape index (κ1) is 15.7. The van der Waals surface area contributed by atoms with Gasteiger partial charge in [-0.3, -0.25) is 5.41 Å². The molecule has 2 fully saturated rings. The minimum Gasteiger partial charge on any atom is -0.386 e. The summed E-state index contributed by atoms with van der Waals surface area (Å²) in [5, 5.41) is 7.43. The minimum atomic E-state index is -3.45. The van der Waals surface area contributed by atoms with Crippen molar-refractivity contribution in [3.63, 3.8) is 0 Å². The third-order valence-corrected chi connectivity index (χ3v) is 6.44. The summed E-state index contributed by atoms with van der Waals surface area (Å²) < 4.78 is 33.1. The van der Waals surface area contributed by atoms with Crippen LogP contribution in [0, 0.1) is 5.41 Å². The maximum absolute atomic E-state index is 12.6. The van der Waals surface area contributed by atoms with Crippen molar-refractivity contribution in [1.82, 2.24) is 4.72 Å². The Kier molecular flexibility index (Phi) is 5.04. The van der Waals surface area contributed by atoms with E-state index in [2.05, 4.69) is 4.72 Å². The van der Waals surface area contributed by atoms with Crippen LogP contribution < -0.4 is 10.5 Å².